The number of hydrogen-bond acceptors (Lipinski definition) is 6. The summed E-state index contributed by atoms with van der Waals surface area (Å²) in [6.45, 7) is 0.0864. The summed E-state index contributed by atoms with van der Waals surface area (Å²) in [5.74, 6) is 4.69. The zero-order valence-electron chi connectivity index (χ0n) is 18.9. The number of nitrogens with zero attached hydrogens (tertiary/aromatic N) is 3. The zero-order valence-corrected chi connectivity index (χ0v) is 18.9. The molecule has 0 bridgehead atoms. The summed E-state index contributed by atoms with van der Waals surface area (Å²) in [4.78, 5) is 18.2. The Morgan fingerprint density at radius 3 is 2.52 bits per heavy atom. The third kappa shape index (κ3) is 4.70. The van der Waals surface area contributed by atoms with Crippen molar-refractivity contribution >= 4 is 17.1 Å². The first kappa shape index (κ1) is 22.4. The summed E-state index contributed by atoms with van der Waals surface area (Å²) in [7, 11) is 3.08. The molecule has 0 spiro atoms. The molecule has 33 heavy (non-hydrogen) atoms. The van der Waals surface area contributed by atoms with E-state index in [2.05, 4.69) is 11.0 Å². The van der Waals surface area contributed by atoms with Crippen molar-refractivity contribution in [2.45, 2.75) is 38.0 Å². The highest BCUT2D eigenvalue weighted by atomic mass is 16.5. The van der Waals surface area contributed by atoms with Gasteiger partial charge in [0.05, 0.1) is 31.3 Å². The lowest BCUT2D eigenvalue weighted by atomic mass is 9.88. The number of fused-ring (bicyclic) bond motifs is 1. The summed E-state index contributed by atoms with van der Waals surface area (Å²) < 4.78 is 18.0. The fourth-order valence-electron chi connectivity index (χ4n) is 4.23. The molecule has 0 aliphatic heterocycles. The zero-order chi connectivity index (χ0) is 23.2. The molecule has 0 atom stereocenters. The molecule has 4 rings (SSSR count). The molecule has 1 aromatic heterocycles. The molecule has 1 heterocycles. The van der Waals surface area contributed by atoms with Gasteiger partial charge in [-0.15, -0.1) is 6.42 Å². The van der Waals surface area contributed by atoms with Crippen molar-refractivity contribution < 1.29 is 14.2 Å². The van der Waals surface area contributed by atoms with Crippen LogP contribution >= 0.6 is 0 Å². The van der Waals surface area contributed by atoms with Gasteiger partial charge in [-0.1, -0.05) is 37.3 Å². The minimum Gasteiger partial charge on any atom is -0.493 e. The van der Waals surface area contributed by atoms with E-state index in [1.165, 1.54) is 25.3 Å². The van der Waals surface area contributed by atoms with Crippen LogP contribution in [0.5, 0.6) is 17.2 Å². The largest absolute Gasteiger partial charge is 0.493 e. The summed E-state index contributed by atoms with van der Waals surface area (Å²) in [6.07, 6.45) is 12.4. The van der Waals surface area contributed by atoms with Crippen molar-refractivity contribution in [3.05, 3.63) is 58.1 Å². The van der Waals surface area contributed by atoms with Crippen LogP contribution in [0.25, 0.3) is 10.9 Å². The van der Waals surface area contributed by atoms with E-state index in [0.717, 1.165) is 25.7 Å². The van der Waals surface area contributed by atoms with Crippen LogP contribution < -0.4 is 19.8 Å². The quantitative estimate of drug-likeness (QED) is 0.399. The van der Waals surface area contributed by atoms with Crippen molar-refractivity contribution in [1.29, 1.82) is 0 Å². The van der Waals surface area contributed by atoms with E-state index in [4.69, 9.17) is 25.6 Å². The van der Waals surface area contributed by atoms with E-state index in [0.29, 0.717) is 39.5 Å². The molecule has 1 aliphatic rings. The number of terminal acetylenes is 1. The molecular formula is C26H27N3O4. The lowest BCUT2D eigenvalue weighted by Crippen LogP contribution is -2.25. The second-order valence-electron chi connectivity index (χ2n) is 7.93. The molecule has 7 heteroatoms. The molecule has 0 N–H and O–H groups in total. The summed E-state index contributed by atoms with van der Waals surface area (Å²) >= 11 is 0. The number of hydrogen-bond donors (Lipinski definition) is 0. The average Bonchev–Trinajstić information content (AvgIpc) is 2.87. The topological polar surface area (TPSA) is 74.9 Å². The molecule has 3 aromatic rings. The van der Waals surface area contributed by atoms with Crippen molar-refractivity contribution in [2.75, 3.05) is 20.8 Å². The normalized spacial score (nSPS) is 14.3. The fraction of sp³-hybridized carbons (Fsp3) is 0.346. The molecule has 0 unspecified atom stereocenters. The average molecular weight is 446 g/mol. The van der Waals surface area contributed by atoms with Crippen LogP contribution in [0.3, 0.4) is 0 Å². The Labute approximate surface area is 193 Å². The van der Waals surface area contributed by atoms with Crippen LogP contribution in [-0.2, 0) is 0 Å². The predicted molar refractivity (Wildman–Crippen MR) is 129 cm³/mol. The maximum absolute atomic E-state index is 13.4. The van der Waals surface area contributed by atoms with E-state index in [-0.39, 0.29) is 18.1 Å². The fourth-order valence-corrected chi connectivity index (χ4v) is 4.23. The molecule has 0 amide bonds. The molecule has 1 saturated carbocycles. The van der Waals surface area contributed by atoms with E-state index in [9.17, 15) is 4.79 Å². The van der Waals surface area contributed by atoms with Crippen LogP contribution in [0.2, 0.25) is 0 Å². The number of benzene rings is 2. The number of aromatic nitrogens is 2. The Kier molecular flexibility index (Phi) is 6.94. The SMILES string of the molecule is C#CCOc1c(OC)cc(C=Nn2c(C3CCCCC3)nc3ccccc3c2=O)cc1OC. The highest BCUT2D eigenvalue weighted by Gasteiger charge is 2.22. The van der Waals surface area contributed by atoms with Gasteiger partial charge < -0.3 is 14.2 Å². The third-order valence-electron chi connectivity index (χ3n) is 5.85. The lowest BCUT2D eigenvalue weighted by Gasteiger charge is -2.22. The molecule has 0 saturated heterocycles. The maximum atomic E-state index is 13.4. The van der Waals surface area contributed by atoms with Crippen molar-refractivity contribution in [3.8, 4) is 29.6 Å². The molecule has 1 fully saturated rings. The standard InChI is InChI=1S/C26H27N3O4/c1-4-14-33-24-22(31-2)15-18(16-23(24)32-3)17-27-29-25(19-10-6-5-7-11-19)28-21-13-9-8-12-20(21)26(29)30/h1,8-9,12-13,15-17,19H,5-7,10-11,14H2,2-3H3. The second kappa shape index (κ2) is 10.2. The Morgan fingerprint density at radius 2 is 1.85 bits per heavy atom. The molecule has 170 valence electrons. The van der Waals surface area contributed by atoms with Gasteiger partial charge in [-0.3, -0.25) is 4.79 Å². The van der Waals surface area contributed by atoms with Gasteiger partial charge in [0.15, 0.2) is 11.5 Å². The molecule has 0 radical (unpaired) electrons. The van der Waals surface area contributed by atoms with Gasteiger partial charge in [-0.05, 0) is 37.1 Å². The van der Waals surface area contributed by atoms with Gasteiger partial charge in [0.25, 0.3) is 5.56 Å². The molecule has 7 nitrogen and oxygen atoms in total. The summed E-state index contributed by atoms with van der Waals surface area (Å²) in [5.41, 5.74) is 1.21. The van der Waals surface area contributed by atoms with Crippen LogP contribution in [0, 0.1) is 12.3 Å². The van der Waals surface area contributed by atoms with Gasteiger partial charge in [-0.2, -0.15) is 9.78 Å². The van der Waals surface area contributed by atoms with Gasteiger partial charge in [0.2, 0.25) is 5.75 Å². The molecular weight excluding hydrogens is 418 g/mol. The van der Waals surface area contributed by atoms with Gasteiger partial charge >= 0.3 is 0 Å². The highest BCUT2D eigenvalue weighted by molar-refractivity contribution is 5.83. The number of ether oxygens (including phenoxy) is 3. The summed E-state index contributed by atoms with van der Waals surface area (Å²) in [5, 5.41) is 5.12. The van der Waals surface area contributed by atoms with Crippen molar-refractivity contribution in [3.63, 3.8) is 0 Å². The van der Waals surface area contributed by atoms with Gasteiger partial charge in [0, 0.05) is 11.5 Å². The van der Waals surface area contributed by atoms with Gasteiger partial charge in [0.1, 0.15) is 12.4 Å². The van der Waals surface area contributed by atoms with E-state index >= 15 is 0 Å². The first-order chi connectivity index (χ1) is 16.2. The molecule has 1 aliphatic carbocycles. The monoisotopic (exact) mass is 445 g/mol. The number of methoxy groups -OCH3 is 2. The Bertz CT molecular complexity index is 1240. The van der Waals surface area contributed by atoms with E-state index in [1.807, 2.05) is 18.2 Å². The number of rotatable bonds is 7. The first-order valence-electron chi connectivity index (χ1n) is 11.0. The summed E-state index contributed by atoms with van der Waals surface area (Å²) in [6, 6.07) is 10.9. The minimum atomic E-state index is -0.176. The Morgan fingerprint density at radius 1 is 1.15 bits per heavy atom. The predicted octanol–water partition coefficient (Wildman–Crippen LogP) is 4.36. The van der Waals surface area contributed by atoms with Crippen LogP contribution in [-0.4, -0.2) is 36.7 Å². The van der Waals surface area contributed by atoms with E-state index in [1.54, 1.807) is 24.4 Å². The number of para-hydroxylation sites is 1. The maximum Gasteiger partial charge on any atom is 0.282 e. The smallest absolute Gasteiger partial charge is 0.282 e. The van der Waals surface area contributed by atoms with Crippen molar-refractivity contribution in [1.82, 2.24) is 9.66 Å². The van der Waals surface area contributed by atoms with Gasteiger partial charge in [-0.25, -0.2) is 4.98 Å². The van der Waals surface area contributed by atoms with Crippen LogP contribution in [0.15, 0.2) is 46.3 Å². The Balaban J connectivity index is 1.80. The molecule has 2 aromatic carbocycles. The lowest BCUT2D eigenvalue weighted by molar-refractivity contribution is 0.304. The van der Waals surface area contributed by atoms with Crippen molar-refractivity contribution in [2.24, 2.45) is 5.10 Å². The van der Waals surface area contributed by atoms with Crippen LogP contribution in [0.4, 0.5) is 0 Å². The van der Waals surface area contributed by atoms with E-state index < -0.39 is 0 Å². The highest BCUT2D eigenvalue weighted by Crippen LogP contribution is 2.38. The minimum absolute atomic E-state index is 0.0864. The first-order valence-corrected chi connectivity index (χ1v) is 11.0. The van der Waals surface area contributed by atoms with Crippen LogP contribution in [0.1, 0.15) is 49.4 Å². The third-order valence-corrected chi connectivity index (χ3v) is 5.85. The Hall–Kier alpha value is -3.79. The second-order valence-corrected chi connectivity index (χ2v) is 7.93.